The maximum Gasteiger partial charge on any atom is 0.287 e. The molecule has 21 heavy (non-hydrogen) atoms. The summed E-state index contributed by atoms with van der Waals surface area (Å²) in [5, 5.41) is 14.3. The van der Waals surface area contributed by atoms with Crippen LogP contribution >= 0.6 is 11.6 Å². The van der Waals surface area contributed by atoms with E-state index in [-0.39, 0.29) is 24.8 Å². The largest absolute Gasteiger partial charge is 0.451 e. The summed E-state index contributed by atoms with van der Waals surface area (Å²) in [6.45, 7) is 2.70. The third kappa shape index (κ3) is 2.77. The molecule has 1 aliphatic rings. The Kier molecular flexibility index (Phi) is 3.65. The lowest BCUT2D eigenvalue weighted by molar-refractivity contribution is 0.0261. The van der Waals surface area contributed by atoms with Crippen LogP contribution in [0.4, 0.5) is 0 Å². The number of furan rings is 1. The van der Waals surface area contributed by atoms with Crippen LogP contribution in [0.3, 0.4) is 0 Å². The number of fused-ring (bicyclic) bond motifs is 1. The molecule has 1 fully saturated rings. The van der Waals surface area contributed by atoms with Gasteiger partial charge < -0.3 is 19.6 Å². The van der Waals surface area contributed by atoms with Crippen LogP contribution in [0.5, 0.6) is 0 Å². The first-order valence-electron chi connectivity index (χ1n) is 6.75. The fraction of sp³-hybridized carbons (Fsp3) is 0.400. The van der Waals surface area contributed by atoms with Crippen molar-refractivity contribution in [3.05, 3.63) is 34.5 Å². The van der Waals surface area contributed by atoms with Gasteiger partial charge in [0.25, 0.3) is 5.91 Å². The number of carbonyl (C=O) groups is 1. The Labute approximate surface area is 126 Å². The van der Waals surface area contributed by atoms with E-state index in [4.69, 9.17) is 20.8 Å². The molecule has 1 atom stereocenters. The molecule has 1 aromatic carbocycles. The Morgan fingerprint density at radius 3 is 3.05 bits per heavy atom. The molecule has 0 radical (unpaired) electrons. The minimum Gasteiger partial charge on any atom is -0.451 e. The molecule has 112 valence electrons. The van der Waals surface area contributed by atoms with E-state index in [9.17, 15) is 9.90 Å². The molecule has 2 N–H and O–H groups in total. The fourth-order valence-electron chi connectivity index (χ4n) is 2.47. The predicted molar refractivity (Wildman–Crippen MR) is 78.7 cm³/mol. The number of halogens is 1. The van der Waals surface area contributed by atoms with Crippen molar-refractivity contribution in [2.24, 2.45) is 0 Å². The van der Waals surface area contributed by atoms with Crippen LogP contribution < -0.4 is 5.32 Å². The molecule has 1 saturated heterocycles. The highest BCUT2D eigenvalue weighted by molar-refractivity contribution is 6.31. The van der Waals surface area contributed by atoms with Crippen LogP contribution in [-0.2, 0) is 4.74 Å². The van der Waals surface area contributed by atoms with E-state index in [0.717, 1.165) is 10.9 Å². The van der Waals surface area contributed by atoms with Gasteiger partial charge in [-0.2, -0.15) is 0 Å². The third-order valence-corrected chi connectivity index (χ3v) is 4.00. The molecular weight excluding hydrogens is 294 g/mol. The summed E-state index contributed by atoms with van der Waals surface area (Å²) >= 11 is 5.96. The molecule has 0 aliphatic carbocycles. The van der Waals surface area contributed by atoms with Gasteiger partial charge in [0.15, 0.2) is 5.76 Å². The summed E-state index contributed by atoms with van der Waals surface area (Å²) in [6.07, 6.45) is 0.516. The Balaban J connectivity index is 1.80. The van der Waals surface area contributed by atoms with Crippen molar-refractivity contribution >= 4 is 28.5 Å². The van der Waals surface area contributed by atoms with Crippen molar-refractivity contribution in [3.63, 3.8) is 0 Å². The van der Waals surface area contributed by atoms with Gasteiger partial charge in [0.2, 0.25) is 0 Å². The number of aliphatic hydroxyl groups is 1. The van der Waals surface area contributed by atoms with E-state index in [2.05, 4.69) is 5.32 Å². The molecule has 2 heterocycles. The van der Waals surface area contributed by atoms with E-state index in [1.54, 1.807) is 18.2 Å². The second-order valence-corrected chi connectivity index (χ2v) is 5.84. The standard InChI is InChI=1S/C15H16ClNO4/c1-9-11-6-10(16)2-3-12(11)21-13(9)14(18)17-7-15(19)4-5-20-8-15/h2-3,6,19H,4-5,7-8H2,1H3,(H,17,18). The molecule has 2 aromatic rings. The Morgan fingerprint density at radius 1 is 1.52 bits per heavy atom. The summed E-state index contributed by atoms with van der Waals surface area (Å²) in [6, 6.07) is 5.22. The number of amides is 1. The van der Waals surface area contributed by atoms with Crippen molar-refractivity contribution < 1.29 is 19.1 Å². The maximum absolute atomic E-state index is 12.2. The molecule has 0 spiro atoms. The number of carbonyl (C=O) groups excluding carboxylic acids is 1. The van der Waals surface area contributed by atoms with Crippen LogP contribution in [0.15, 0.2) is 22.6 Å². The molecule has 1 unspecified atom stereocenters. The highest BCUT2D eigenvalue weighted by Crippen LogP contribution is 2.28. The van der Waals surface area contributed by atoms with E-state index in [1.807, 2.05) is 6.92 Å². The smallest absolute Gasteiger partial charge is 0.287 e. The molecule has 1 amide bonds. The normalized spacial score (nSPS) is 21.9. The summed E-state index contributed by atoms with van der Waals surface area (Å²) in [4.78, 5) is 12.2. The average molecular weight is 310 g/mol. The van der Waals surface area contributed by atoms with Crippen molar-refractivity contribution in [1.82, 2.24) is 5.32 Å². The lowest BCUT2D eigenvalue weighted by Crippen LogP contribution is -2.43. The second-order valence-electron chi connectivity index (χ2n) is 5.41. The van der Waals surface area contributed by atoms with E-state index in [1.165, 1.54) is 0 Å². The Morgan fingerprint density at radius 2 is 2.33 bits per heavy atom. The van der Waals surface area contributed by atoms with Crippen molar-refractivity contribution in [3.8, 4) is 0 Å². The number of ether oxygens (including phenoxy) is 1. The van der Waals surface area contributed by atoms with Gasteiger partial charge in [-0.1, -0.05) is 11.6 Å². The number of nitrogens with one attached hydrogen (secondary N) is 1. The number of hydrogen-bond donors (Lipinski definition) is 2. The van der Waals surface area contributed by atoms with Gasteiger partial charge >= 0.3 is 0 Å². The number of hydrogen-bond acceptors (Lipinski definition) is 4. The fourth-order valence-corrected chi connectivity index (χ4v) is 2.64. The van der Waals surface area contributed by atoms with Gasteiger partial charge in [0.05, 0.1) is 6.61 Å². The van der Waals surface area contributed by atoms with Crippen molar-refractivity contribution in [1.29, 1.82) is 0 Å². The summed E-state index contributed by atoms with van der Waals surface area (Å²) < 4.78 is 10.7. The molecule has 0 saturated carbocycles. The van der Waals surface area contributed by atoms with Crippen LogP contribution in [-0.4, -0.2) is 36.4 Å². The van der Waals surface area contributed by atoms with E-state index >= 15 is 0 Å². The van der Waals surface area contributed by atoms with Crippen LogP contribution in [0.1, 0.15) is 22.5 Å². The van der Waals surface area contributed by atoms with Gasteiger partial charge in [-0.05, 0) is 25.1 Å². The SMILES string of the molecule is Cc1c(C(=O)NCC2(O)CCOC2)oc2ccc(Cl)cc12. The quantitative estimate of drug-likeness (QED) is 0.912. The first-order chi connectivity index (χ1) is 9.98. The molecule has 6 heteroatoms. The van der Waals surface area contributed by atoms with E-state index < -0.39 is 5.60 Å². The maximum atomic E-state index is 12.2. The first-order valence-corrected chi connectivity index (χ1v) is 7.13. The zero-order chi connectivity index (χ0) is 15.0. The monoisotopic (exact) mass is 309 g/mol. The van der Waals surface area contributed by atoms with Gasteiger partial charge in [-0.3, -0.25) is 4.79 Å². The highest BCUT2D eigenvalue weighted by Gasteiger charge is 2.33. The predicted octanol–water partition coefficient (Wildman–Crippen LogP) is 2.28. The minimum absolute atomic E-state index is 0.142. The van der Waals surface area contributed by atoms with E-state index in [0.29, 0.717) is 23.6 Å². The lowest BCUT2D eigenvalue weighted by atomic mass is 10.0. The summed E-state index contributed by atoms with van der Waals surface area (Å²) in [5.41, 5.74) is 0.364. The van der Waals surface area contributed by atoms with Gasteiger partial charge in [-0.15, -0.1) is 0 Å². The minimum atomic E-state index is -0.987. The number of benzene rings is 1. The summed E-state index contributed by atoms with van der Waals surface area (Å²) in [5.74, 6) is -0.102. The van der Waals surface area contributed by atoms with Crippen molar-refractivity contribution in [2.75, 3.05) is 19.8 Å². The zero-order valence-corrected chi connectivity index (χ0v) is 12.4. The molecular formula is C15H16ClNO4. The topological polar surface area (TPSA) is 71.7 Å². The molecule has 3 rings (SSSR count). The lowest BCUT2D eigenvalue weighted by Gasteiger charge is -2.20. The highest BCUT2D eigenvalue weighted by atomic mass is 35.5. The Bertz CT molecular complexity index is 688. The Hall–Kier alpha value is -1.56. The average Bonchev–Trinajstić information content (AvgIpc) is 3.02. The number of rotatable bonds is 3. The van der Waals surface area contributed by atoms with Gasteiger partial charge in [0.1, 0.15) is 11.2 Å². The van der Waals surface area contributed by atoms with Crippen LogP contribution in [0, 0.1) is 6.92 Å². The first kappa shape index (κ1) is 14.4. The molecule has 0 bridgehead atoms. The van der Waals surface area contributed by atoms with Crippen LogP contribution in [0.2, 0.25) is 5.02 Å². The molecule has 1 aliphatic heterocycles. The van der Waals surface area contributed by atoms with Crippen molar-refractivity contribution in [2.45, 2.75) is 18.9 Å². The summed E-state index contributed by atoms with van der Waals surface area (Å²) in [7, 11) is 0. The third-order valence-electron chi connectivity index (χ3n) is 3.76. The molecule has 5 nitrogen and oxygen atoms in total. The van der Waals surface area contributed by atoms with Crippen LogP contribution in [0.25, 0.3) is 11.0 Å². The second kappa shape index (κ2) is 5.33. The van der Waals surface area contributed by atoms with Gasteiger partial charge in [-0.25, -0.2) is 0 Å². The zero-order valence-electron chi connectivity index (χ0n) is 11.6. The number of aryl methyl sites for hydroxylation is 1. The van der Waals surface area contributed by atoms with Gasteiger partial charge in [0, 0.05) is 35.5 Å². The molecule has 1 aromatic heterocycles.